The minimum Gasteiger partial charge on any atom is -0.378 e. The standard InChI is InChI=1S/C15H21F2NO3S/c16-13-8-4-9-14(17)15(13)22(19,20)18-10-5-11-21-12-6-2-1-3-7-12/h4,8-9,12,18H,1-3,5-7,10-11H2. The van der Waals surface area contributed by atoms with E-state index in [0.29, 0.717) is 13.0 Å². The first-order chi connectivity index (χ1) is 10.5. The number of hydrogen-bond acceptors (Lipinski definition) is 3. The molecule has 1 saturated carbocycles. The van der Waals surface area contributed by atoms with Crippen LogP contribution in [-0.4, -0.2) is 27.7 Å². The Labute approximate surface area is 129 Å². The lowest BCUT2D eigenvalue weighted by Gasteiger charge is -2.21. The third-order valence-electron chi connectivity index (χ3n) is 3.71. The lowest BCUT2D eigenvalue weighted by Crippen LogP contribution is -2.28. The number of hydrogen-bond donors (Lipinski definition) is 1. The Bertz CT molecular complexity index is 566. The van der Waals surface area contributed by atoms with Gasteiger partial charge in [0.05, 0.1) is 6.10 Å². The van der Waals surface area contributed by atoms with E-state index in [1.54, 1.807) is 0 Å². The summed E-state index contributed by atoms with van der Waals surface area (Å²) >= 11 is 0. The Morgan fingerprint density at radius 2 is 1.77 bits per heavy atom. The number of nitrogens with one attached hydrogen (secondary N) is 1. The molecule has 2 rings (SSSR count). The van der Waals surface area contributed by atoms with E-state index in [0.717, 1.165) is 31.0 Å². The van der Waals surface area contributed by atoms with E-state index in [1.165, 1.54) is 19.3 Å². The summed E-state index contributed by atoms with van der Waals surface area (Å²) in [6.45, 7) is 0.524. The van der Waals surface area contributed by atoms with Gasteiger partial charge in [-0.3, -0.25) is 0 Å². The van der Waals surface area contributed by atoms with Crippen LogP contribution in [0.3, 0.4) is 0 Å². The maximum Gasteiger partial charge on any atom is 0.246 e. The molecule has 124 valence electrons. The largest absolute Gasteiger partial charge is 0.378 e. The lowest BCUT2D eigenvalue weighted by atomic mass is 9.98. The van der Waals surface area contributed by atoms with Gasteiger partial charge in [-0.05, 0) is 31.4 Å². The van der Waals surface area contributed by atoms with Gasteiger partial charge in [-0.25, -0.2) is 21.9 Å². The maximum absolute atomic E-state index is 13.5. The molecule has 4 nitrogen and oxygen atoms in total. The normalized spacial score (nSPS) is 16.8. The second kappa shape index (κ2) is 7.99. The van der Waals surface area contributed by atoms with Gasteiger partial charge in [0.25, 0.3) is 0 Å². The second-order valence-electron chi connectivity index (χ2n) is 5.43. The van der Waals surface area contributed by atoms with Crippen LogP contribution in [0.5, 0.6) is 0 Å². The fraction of sp³-hybridized carbons (Fsp3) is 0.600. The molecule has 0 atom stereocenters. The van der Waals surface area contributed by atoms with E-state index >= 15 is 0 Å². The summed E-state index contributed by atoms with van der Waals surface area (Å²) in [5, 5.41) is 0. The van der Waals surface area contributed by atoms with Crippen LogP contribution >= 0.6 is 0 Å². The Morgan fingerprint density at radius 3 is 2.41 bits per heavy atom. The fourth-order valence-corrected chi connectivity index (χ4v) is 3.78. The average Bonchev–Trinajstić information content (AvgIpc) is 2.47. The molecule has 0 spiro atoms. The monoisotopic (exact) mass is 333 g/mol. The van der Waals surface area contributed by atoms with E-state index in [1.807, 2.05) is 0 Å². The molecule has 0 bridgehead atoms. The molecule has 1 aromatic carbocycles. The summed E-state index contributed by atoms with van der Waals surface area (Å²) in [4.78, 5) is -0.928. The van der Waals surface area contributed by atoms with Crippen molar-refractivity contribution in [1.82, 2.24) is 4.72 Å². The van der Waals surface area contributed by atoms with Crippen LogP contribution in [0.2, 0.25) is 0 Å². The van der Waals surface area contributed by atoms with Crippen molar-refractivity contribution in [2.75, 3.05) is 13.2 Å². The van der Waals surface area contributed by atoms with Crippen LogP contribution in [0.1, 0.15) is 38.5 Å². The number of sulfonamides is 1. The molecule has 0 amide bonds. The predicted octanol–water partition coefficient (Wildman–Crippen LogP) is 2.98. The first kappa shape index (κ1) is 17.3. The van der Waals surface area contributed by atoms with Crippen molar-refractivity contribution in [1.29, 1.82) is 0 Å². The highest BCUT2D eigenvalue weighted by Crippen LogP contribution is 2.20. The van der Waals surface area contributed by atoms with Gasteiger partial charge in [0.1, 0.15) is 11.6 Å². The summed E-state index contributed by atoms with van der Waals surface area (Å²) in [7, 11) is -4.18. The zero-order valence-electron chi connectivity index (χ0n) is 12.4. The topological polar surface area (TPSA) is 55.4 Å². The molecule has 0 radical (unpaired) electrons. The van der Waals surface area contributed by atoms with Gasteiger partial charge in [0.2, 0.25) is 10.0 Å². The Morgan fingerprint density at radius 1 is 1.14 bits per heavy atom. The van der Waals surface area contributed by atoms with E-state index in [9.17, 15) is 17.2 Å². The van der Waals surface area contributed by atoms with Crippen LogP contribution < -0.4 is 4.72 Å². The average molecular weight is 333 g/mol. The zero-order chi connectivity index (χ0) is 16.0. The van der Waals surface area contributed by atoms with Gasteiger partial charge < -0.3 is 4.74 Å². The molecule has 7 heteroatoms. The molecular formula is C15H21F2NO3S. The van der Waals surface area contributed by atoms with Crippen LogP contribution in [0.25, 0.3) is 0 Å². The Hall–Kier alpha value is -1.05. The molecule has 1 fully saturated rings. The van der Waals surface area contributed by atoms with Crippen molar-refractivity contribution in [2.24, 2.45) is 0 Å². The van der Waals surface area contributed by atoms with E-state index < -0.39 is 26.6 Å². The van der Waals surface area contributed by atoms with Gasteiger partial charge in [0.15, 0.2) is 4.90 Å². The molecule has 0 aliphatic heterocycles. The molecule has 0 aromatic heterocycles. The van der Waals surface area contributed by atoms with E-state index in [-0.39, 0.29) is 12.6 Å². The molecule has 0 unspecified atom stereocenters. The Balaban J connectivity index is 1.78. The molecule has 1 N–H and O–H groups in total. The number of benzene rings is 1. The van der Waals surface area contributed by atoms with Gasteiger partial charge >= 0.3 is 0 Å². The van der Waals surface area contributed by atoms with Crippen molar-refractivity contribution >= 4 is 10.0 Å². The van der Waals surface area contributed by atoms with Crippen molar-refractivity contribution in [3.05, 3.63) is 29.8 Å². The SMILES string of the molecule is O=S(=O)(NCCCOC1CCCCC1)c1c(F)cccc1F. The predicted molar refractivity (Wildman–Crippen MR) is 79.0 cm³/mol. The van der Waals surface area contributed by atoms with Crippen molar-refractivity contribution in [2.45, 2.75) is 49.5 Å². The smallest absolute Gasteiger partial charge is 0.246 e. The summed E-state index contributed by atoms with van der Waals surface area (Å²) in [5.74, 6) is -2.18. The van der Waals surface area contributed by atoms with Crippen LogP contribution in [0.15, 0.2) is 23.1 Å². The number of rotatable bonds is 7. The molecular weight excluding hydrogens is 312 g/mol. The Kier molecular flexibility index (Phi) is 6.28. The second-order valence-corrected chi connectivity index (χ2v) is 7.14. The third-order valence-corrected chi connectivity index (χ3v) is 5.22. The highest BCUT2D eigenvalue weighted by molar-refractivity contribution is 7.89. The minimum atomic E-state index is -4.18. The number of ether oxygens (including phenoxy) is 1. The maximum atomic E-state index is 13.5. The molecule has 0 heterocycles. The summed E-state index contributed by atoms with van der Waals surface area (Å²) in [6.07, 6.45) is 6.40. The van der Waals surface area contributed by atoms with Crippen molar-refractivity contribution in [3.63, 3.8) is 0 Å². The van der Waals surface area contributed by atoms with Crippen molar-refractivity contribution in [3.8, 4) is 0 Å². The van der Waals surface area contributed by atoms with Crippen molar-refractivity contribution < 1.29 is 21.9 Å². The highest BCUT2D eigenvalue weighted by Gasteiger charge is 2.23. The zero-order valence-corrected chi connectivity index (χ0v) is 13.2. The number of halogens is 2. The quantitative estimate of drug-likeness (QED) is 0.781. The van der Waals surface area contributed by atoms with Gasteiger partial charge in [0, 0.05) is 13.2 Å². The third kappa shape index (κ3) is 4.72. The molecule has 0 saturated heterocycles. The van der Waals surface area contributed by atoms with Crippen LogP contribution in [0, 0.1) is 11.6 Å². The van der Waals surface area contributed by atoms with Crippen LogP contribution in [-0.2, 0) is 14.8 Å². The van der Waals surface area contributed by atoms with Gasteiger partial charge in [-0.15, -0.1) is 0 Å². The van der Waals surface area contributed by atoms with Gasteiger partial charge in [-0.1, -0.05) is 25.3 Å². The van der Waals surface area contributed by atoms with E-state index in [2.05, 4.69) is 4.72 Å². The highest BCUT2D eigenvalue weighted by atomic mass is 32.2. The summed E-state index contributed by atoms with van der Waals surface area (Å²) < 4.78 is 58.6. The molecule has 1 aliphatic rings. The summed E-state index contributed by atoms with van der Waals surface area (Å²) in [6, 6.07) is 2.97. The molecule has 22 heavy (non-hydrogen) atoms. The van der Waals surface area contributed by atoms with E-state index in [4.69, 9.17) is 4.74 Å². The first-order valence-electron chi connectivity index (χ1n) is 7.56. The molecule has 1 aromatic rings. The molecule has 1 aliphatic carbocycles. The van der Waals surface area contributed by atoms with Crippen LogP contribution in [0.4, 0.5) is 8.78 Å². The van der Waals surface area contributed by atoms with Gasteiger partial charge in [-0.2, -0.15) is 0 Å². The fourth-order valence-electron chi connectivity index (χ4n) is 2.57. The minimum absolute atomic E-state index is 0.0861. The first-order valence-corrected chi connectivity index (χ1v) is 9.04. The summed E-state index contributed by atoms with van der Waals surface area (Å²) in [5.41, 5.74) is 0. The lowest BCUT2D eigenvalue weighted by molar-refractivity contribution is 0.0278.